The molecule has 0 N–H and O–H groups in total. The monoisotopic (exact) mass is 416 g/mol. The molecule has 0 amide bonds. The molecule has 1 fully saturated rings. The van der Waals surface area contributed by atoms with Gasteiger partial charge in [-0.2, -0.15) is 0 Å². The van der Waals surface area contributed by atoms with Crippen LogP contribution in [0.25, 0.3) is 44.5 Å². The first-order chi connectivity index (χ1) is 15.7. The van der Waals surface area contributed by atoms with E-state index >= 15 is 0 Å². The number of rotatable bonds is 1. The van der Waals surface area contributed by atoms with E-state index in [9.17, 15) is 0 Å². The Morgan fingerprint density at radius 1 is 0.875 bits per heavy atom. The summed E-state index contributed by atoms with van der Waals surface area (Å²) in [6.45, 7) is 4.23. The highest BCUT2D eigenvalue weighted by Gasteiger charge is 2.46. The van der Waals surface area contributed by atoms with Crippen molar-refractivity contribution in [3.05, 3.63) is 83.2 Å². The van der Waals surface area contributed by atoms with E-state index in [1.54, 1.807) is 0 Å². The van der Waals surface area contributed by atoms with Crippen molar-refractivity contribution in [3.8, 4) is 22.4 Å². The van der Waals surface area contributed by atoms with Crippen LogP contribution >= 0.6 is 0 Å². The van der Waals surface area contributed by atoms with E-state index in [4.69, 9.17) is 9.40 Å². The van der Waals surface area contributed by atoms with Crippen molar-refractivity contribution in [1.82, 2.24) is 9.97 Å². The molecular formula is C29H24N2O. The van der Waals surface area contributed by atoms with Crippen LogP contribution in [-0.2, 0) is 5.41 Å². The molecular weight excluding hydrogens is 392 g/mol. The van der Waals surface area contributed by atoms with Crippen molar-refractivity contribution < 1.29 is 4.42 Å². The summed E-state index contributed by atoms with van der Waals surface area (Å²) >= 11 is 0. The van der Waals surface area contributed by atoms with Crippen LogP contribution < -0.4 is 0 Å². The molecule has 3 heteroatoms. The van der Waals surface area contributed by atoms with Crippen molar-refractivity contribution in [2.45, 2.75) is 44.9 Å². The third-order valence-corrected chi connectivity index (χ3v) is 7.66. The van der Waals surface area contributed by atoms with Crippen LogP contribution in [0.2, 0.25) is 0 Å². The minimum atomic E-state index is 0.0515. The van der Waals surface area contributed by atoms with Crippen molar-refractivity contribution in [1.29, 1.82) is 0 Å². The number of hydrogen-bond acceptors (Lipinski definition) is 3. The minimum Gasteiger partial charge on any atom is -0.437 e. The molecule has 5 aromatic rings. The molecule has 7 rings (SSSR count). The van der Waals surface area contributed by atoms with E-state index in [-0.39, 0.29) is 5.41 Å². The summed E-state index contributed by atoms with van der Waals surface area (Å²) in [5, 5.41) is 2.21. The summed E-state index contributed by atoms with van der Waals surface area (Å²) in [4.78, 5) is 9.90. The Morgan fingerprint density at radius 2 is 1.72 bits per heavy atom. The van der Waals surface area contributed by atoms with Crippen LogP contribution in [0.3, 0.4) is 0 Å². The molecule has 156 valence electrons. The van der Waals surface area contributed by atoms with Gasteiger partial charge < -0.3 is 4.42 Å². The molecule has 0 aliphatic heterocycles. The Kier molecular flexibility index (Phi) is 3.57. The molecule has 2 aromatic carbocycles. The van der Waals surface area contributed by atoms with Gasteiger partial charge in [0.05, 0.1) is 11.4 Å². The summed E-state index contributed by atoms with van der Waals surface area (Å²) in [5.74, 6) is 0. The summed E-state index contributed by atoms with van der Waals surface area (Å²) in [7, 11) is 0. The molecule has 0 radical (unpaired) electrons. The van der Waals surface area contributed by atoms with Gasteiger partial charge in [-0.25, -0.2) is 4.98 Å². The zero-order valence-electron chi connectivity index (χ0n) is 18.4. The Bertz CT molecular complexity index is 1550. The number of fused-ring (bicyclic) bond motifs is 8. The van der Waals surface area contributed by atoms with Gasteiger partial charge in [0.15, 0.2) is 0 Å². The fourth-order valence-corrected chi connectivity index (χ4v) is 6.17. The Balaban J connectivity index is 1.56. The van der Waals surface area contributed by atoms with Gasteiger partial charge in [0.25, 0.3) is 0 Å². The lowest BCUT2D eigenvalue weighted by Gasteiger charge is -2.24. The topological polar surface area (TPSA) is 38.9 Å². The molecule has 32 heavy (non-hydrogen) atoms. The van der Waals surface area contributed by atoms with Crippen molar-refractivity contribution in [2.24, 2.45) is 0 Å². The highest BCUT2D eigenvalue weighted by molar-refractivity contribution is 6.10. The van der Waals surface area contributed by atoms with Gasteiger partial charge in [-0.05, 0) is 67.1 Å². The van der Waals surface area contributed by atoms with Crippen LogP contribution in [0.5, 0.6) is 0 Å². The van der Waals surface area contributed by atoms with Crippen LogP contribution in [-0.4, -0.2) is 9.97 Å². The SMILES string of the molecule is Cc1ccnc(-c2c(C)ccc3c2oc2nc4c(cc23)-c2ccccc2C42CCCC2)c1. The zero-order valence-corrected chi connectivity index (χ0v) is 18.4. The van der Waals surface area contributed by atoms with Crippen molar-refractivity contribution in [3.63, 3.8) is 0 Å². The largest absolute Gasteiger partial charge is 0.437 e. The maximum atomic E-state index is 6.53. The molecule has 0 bridgehead atoms. The minimum absolute atomic E-state index is 0.0515. The molecule has 2 aliphatic rings. The summed E-state index contributed by atoms with van der Waals surface area (Å²) in [5.41, 5.74) is 11.4. The van der Waals surface area contributed by atoms with Gasteiger partial charge in [-0.3, -0.25) is 4.98 Å². The van der Waals surface area contributed by atoms with E-state index in [2.05, 4.69) is 67.4 Å². The number of nitrogens with zero attached hydrogens (tertiary/aromatic N) is 2. The third kappa shape index (κ3) is 2.26. The standard InChI is InChI=1S/C29H24N2O/c1-17-11-14-30-24(15-17)25-18(2)9-10-20-22-16-21-19-7-3-4-8-23(19)29(12-5-6-13-29)27(21)31-28(22)32-26(20)25/h3-4,7-11,14-16H,5-6,12-13H2,1-2H3. The van der Waals surface area contributed by atoms with Crippen LogP contribution in [0.1, 0.15) is 48.1 Å². The molecule has 2 aliphatic carbocycles. The number of pyridine rings is 2. The fourth-order valence-electron chi connectivity index (χ4n) is 6.17. The average molecular weight is 417 g/mol. The second-order valence-corrected chi connectivity index (χ2v) is 9.53. The first-order valence-corrected chi connectivity index (χ1v) is 11.6. The van der Waals surface area contributed by atoms with Crippen LogP contribution in [0.4, 0.5) is 0 Å². The molecule has 1 saturated carbocycles. The molecule has 1 spiro atoms. The lowest BCUT2D eigenvalue weighted by Crippen LogP contribution is -2.21. The van der Waals surface area contributed by atoms with E-state index in [1.807, 2.05) is 12.3 Å². The predicted molar refractivity (Wildman–Crippen MR) is 129 cm³/mol. The average Bonchev–Trinajstić information content (AvgIpc) is 3.49. The van der Waals surface area contributed by atoms with Crippen molar-refractivity contribution >= 4 is 22.1 Å². The van der Waals surface area contributed by atoms with Gasteiger partial charge in [-0.15, -0.1) is 0 Å². The predicted octanol–water partition coefficient (Wildman–Crippen LogP) is 7.50. The third-order valence-electron chi connectivity index (χ3n) is 7.66. The van der Waals surface area contributed by atoms with Gasteiger partial charge >= 0.3 is 0 Å². The summed E-state index contributed by atoms with van der Waals surface area (Å²) in [6.07, 6.45) is 6.74. The number of benzene rings is 2. The summed E-state index contributed by atoms with van der Waals surface area (Å²) in [6, 6.07) is 19.8. The number of furan rings is 1. The van der Waals surface area contributed by atoms with E-state index in [0.717, 1.165) is 33.3 Å². The molecule has 3 heterocycles. The molecule has 0 saturated heterocycles. The highest BCUT2D eigenvalue weighted by Crippen LogP contribution is 2.56. The lowest BCUT2D eigenvalue weighted by atomic mass is 9.79. The zero-order chi connectivity index (χ0) is 21.4. The summed E-state index contributed by atoms with van der Waals surface area (Å²) < 4.78 is 6.53. The molecule has 3 nitrogen and oxygen atoms in total. The maximum absolute atomic E-state index is 6.53. The molecule has 0 atom stereocenters. The molecule has 3 aromatic heterocycles. The highest BCUT2D eigenvalue weighted by atomic mass is 16.3. The number of hydrogen-bond donors (Lipinski definition) is 0. The van der Waals surface area contributed by atoms with Gasteiger partial charge in [-0.1, -0.05) is 49.2 Å². The van der Waals surface area contributed by atoms with Gasteiger partial charge in [0.1, 0.15) is 5.58 Å². The number of aryl methyl sites for hydroxylation is 2. The van der Waals surface area contributed by atoms with E-state index in [0.29, 0.717) is 0 Å². The first kappa shape index (κ1) is 18.1. The van der Waals surface area contributed by atoms with E-state index < -0.39 is 0 Å². The van der Waals surface area contributed by atoms with Crippen LogP contribution in [0.15, 0.2) is 65.2 Å². The Hall–Kier alpha value is -3.46. The first-order valence-electron chi connectivity index (χ1n) is 11.6. The Labute approximate surface area is 187 Å². The van der Waals surface area contributed by atoms with Gasteiger partial charge in [0.2, 0.25) is 5.71 Å². The molecule has 0 unspecified atom stereocenters. The fraction of sp³-hybridized carbons (Fsp3) is 0.241. The lowest BCUT2D eigenvalue weighted by molar-refractivity contribution is 0.530. The van der Waals surface area contributed by atoms with E-state index in [1.165, 1.54) is 59.2 Å². The second-order valence-electron chi connectivity index (χ2n) is 9.53. The normalized spacial score (nSPS) is 16.2. The number of aromatic nitrogens is 2. The second kappa shape index (κ2) is 6.29. The maximum Gasteiger partial charge on any atom is 0.227 e. The van der Waals surface area contributed by atoms with Gasteiger partial charge in [0, 0.05) is 33.5 Å². The Morgan fingerprint density at radius 3 is 2.56 bits per heavy atom. The smallest absolute Gasteiger partial charge is 0.227 e. The van der Waals surface area contributed by atoms with Crippen molar-refractivity contribution in [2.75, 3.05) is 0 Å². The van der Waals surface area contributed by atoms with Crippen LogP contribution in [0, 0.1) is 13.8 Å². The quantitative estimate of drug-likeness (QED) is 0.284.